The van der Waals surface area contributed by atoms with Gasteiger partial charge in [-0.2, -0.15) is 0 Å². The van der Waals surface area contributed by atoms with Crippen LogP contribution in [-0.4, -0.2) is 4.98 Å². The van der Waals surface area contributed by atoms with Crippen LogP contribution < -0.4 is 5.32 Å². The van der Waals surface area contributed by atoms with Gasteiger partial charge in [0.1, 0.15) is 0 Å². The van der Waals surface area contributed by atoms with Gasteiger partial charge in [0.15, 0.2) is 0 Å². The van der Waals surface area contributed by atoms with Gasteiger partial charge in [-0.1, -0.05) is 0 Å². The maximum Gasteiger partial charge on any atom is -0.147 e. The van der Waals surface area contributed by atoms with Gasteiger partial charge in [0, 0.05) is 0 Å². The second kappa shape index (κ2) is 5.53. The molecule has 1 aromatic carbocycles. The van der Waals surface area contributed by atoms with Gasteiger partial charge in [0.25, 0.3) is 0 Å². The van der Waals surface area contributed by atoms with Crippen LogP contribution in [-0.2, 0) is 15.7 Å². The van der Waals surface area contributed by atoms with Gasteiger partial charge >= 0.3 is 81.8 Å². The molecule has 1 atom stereocenters. The van der Waals surface area contributed by atoms with Crippen LogP contribution in [0.4, 0.5) is 5.69 Å². The van der Waals surface area contributed by atoms with Crippen LogP contribution in [0.2, 0.25) is 0 Å². The van der Waals surface area contributed by atoms with E-state index in [1.54, 1.807) is 0 Å². The van der Waals surface area contributed by atoms with E-state index in [2.05, 4.69) is 53.1 Å². The Balaban J connectivity index is 0.00000144. The van der Waals surface area contributed by atoms with E-state index >= 15 is 0 Å². The molecule has 0 fully saturated rings. The first-order valence-corrected chi connectivity index (χ1v) is 4.65. The van der Waals surface area contributed by atoms with Crippen molar-refractivity contribution in [3.05, 3.63) is 29.3 Å². The molecule has 0 saturated heterocycles. The van der Waals surface area contributed by atoms with Gasteiger partial charge in [-0.05, 0) is 0 Å². The van der Waals surface area contributed by atoms with E-state index in [1.807, 2.05) is 6.92 Å². The summed E-state index contributed by atoms with van der Waals surface area (Å²) in [5.74, 6) is 0. The first kappa shape index (κ1) is 12.8. The molecule has 1 unspecified atom stereocenters. The van der Waals surface area contributed by atoms with E-state index in [0.29, 0.717) is 0 Å². The number of hydrogen-bond donors (Lipinski definition) is 1. The van der Waals surface area contributed by atoms with E-state index in [0.717, 1.165) is 0 Å². The minimum absolute atomic E-state index is 0. The maximum atomic E-state index is 4.34. The summed E-state index contributed by atoms with van der Waals surface area (Å²) in [4.78, 5) is 0.192. The van der Waals surface area contributed by atoms with Gasteiger partial charge in [-0.25, -0.2) is 0 Å². The third-order valence-corrected chi connectivity index (χ3v) is 1.97. The molecule has 0 aliphatic heterocycles. The van der Waals surface area contributed by atoms with Crippen molar-refractivity contribution in [2.75, 3.05) is 5.32 Å². The van der Waals surface area contributed by atoms with Gasteiger partial charge in [-0.15, -0.1) is 12.4 Å². The van der Waals surface area contributed by atoms with Gasteiger partial charge in [0.05, 0.1) is 0 Å². The molecule has 1 N–H and O–H groups in total. The van der Waals surface area contributed by atoms with Crippen LogP contribution in [0.5, 0.6) is 0 Å². The Hall–Kier alpha value is -0.184. The molecular weight excluding hydrogens is 229 g/mol. The fourth-order valence-electron chi connectivity index (χ4n) is 1.23. The fraction of sp³-hybridized carbons (Fsp3) is 0.400. The van der Waals surface area contributed by atoms with Crippen molar-refractivity contribution >= 4 is 18.1 Å². The van der Waals surface area contributed by atoms with E-state index in [4.69, 9.17) is 0 Å². The van der Waals surface area contributed by atoms with Crippen LogP contribution in [0.15, 0.2) is 18.2 Å². The molecule has 13 heavy (non-hydrogen) atoms. The molecule has 1 nitrogen and oxygen atoms in total. The first-order chi connectivity index (χ1) is 5.61. The average molecular weight is 244 g/mol. The quantitative estimate of drug-likeness (QED) is 0.842. The van der Waals surface area contributed by atoms with Crippen molar-refractivity contribution in [1.82, 2.24) is 0 Å². The number of halogens is 1. The maximum absolute atomic E-state index is 4.34. The summed E-state index contributed by atoms with van der Waals surface area (Å²) in [5.41, 5.74) is 3.75. The molecule has 0 spiro atoms. The smallest absolute Gasteiger partial charge is 0.147 e. The molecule has 1 aromatic rings. The molecular formula is C10H15ClCoN. The van der Waals surface area contributed by atoms with Crippen molar-refractivity contribution in [1.29, 1.82) is 0 Å². The molecule has 0 aliphatic carbocycles. The largest absolute Gasteiger partial charge is 0.147 e. The Kier molecular flexibility index (Phi) is 5.45. The van der Waals surface area contributed by atoms with Gasteiger partial charge < -0.3 is 0 Å². The predicted molar refractivity (Wildman–Crippen MR) is 56.2 cm³/mol. The molecule has 76 valence electrons. The monoisotopic (exact) mass is 243 g/mol. The minimum Gasteiger partial charge on any atom is -0.147 e. The number of nitrogens with one attached hydrogen (secondary N) is 1. The fourth-order valence-corrected chi connectivity index (χ4v) is 1.38. The van der Waals surface area contributed by atoms with E-state index < -0.39 is 0 Å². The standard InChI is InChI=1S/C10H14N.ClH.Co/c1-4-11-10-8(2)6-5-7-9(10)3;;/h4-7,11H,1-3H3;1H;. The van der Waals surface area contributed by atoms with E-state index in [9.17, 15) is 0 Å². The summed E-state index contributed by atoms with van der Waals surface area (Å²) in [6, 6.07) is 6.27. The SMILES string of the molecule is Cc1cccc(C)c1N[CH](C)[Co].Cl. The normalized spacial score (nSPS) is 11.8. The Morgan fingerprint density at radius 3 is 2.08 bits per heavy atom. The number of benzene rings is 1. The molecule has 0 bridgehead atoms. The molecule has 3 heteroatoms. The predicted octanol–water partition coefficient (Wildman–Crippen LogP) is 3.03. The van der Waals surface area contributed by atoms with Crippen molar-refractivity contribution in [2.24, 2.45) is 0 Å². The van der Waals surface area contributed by atoms with Crippen LogP contribution >= 0.6 is 12.4 Å². The zero-order chi connectivity index (χ0) is 9.14. The third kappa shape index (κ3) is 3.59. The Bertz CT molecular complexity index is 253. The summed E-state index contributed by atoms with van der Waals surface area (Å²) in [7, 11) is 0. The van der Waals surface area contributed by atoms with Crippen molar-refractivity contribution in [2.45, 2.75) is 25.7 Å². The molecule has 0 amide bonds. The Morgan fingerprint density at radius 2 is 1.69 bits per heavy atom. The Labute approximate surface area is 94.3 Å². The minimum atomic E-state index is 0. The topological polar surface area (TPSA) is 12.0 Å². The second-order valence-electron chi connectivity index (χ2n) is 2.99. The van der Waals surface area contributed by atoms with E-state index in [-0.39, 0.29) is 17.4 Å². The summed E-state index contributed by atoms with van der Waals surface area (Å²) in [5, 5.41) is 3.30. The summed E-state index contributed by atoms with van der Waals surface area (Å²) >= 11 is 4.34. The van der Waals surface area contributed by atoms with Crippen molar-refractivity contribution < 1.29 is 15.7 Å². The van der Waals surface area contributed by atoms with E-state index in [1.165, 1.54) is 16.8 Å². The Morgan fingerprint density at radius 1 is 1.23 bits per heavy atom. The van der Waals surface area contributed by atoms with Crippen LogP contribution in [0.3, 0.4) is 0 Å². The third-order valence-electron chi connectivity index (χ3n) is 1.82. The molecule has 1 rings (SSSR count). The number of hydrogen-bond acceptors (Lipinski definition) is 1. The zero-order valence-corrected chi connectivity index (χ0v) is 9.91. The van der Waals surface area contributed by atoms with Gasteiger partial charge in [0.2, 0.25) is 0 Å². The zero-order valence-electron chi connectivity index (χ0n) is 8.05. The summed E-state index contributed by atoms with van der Waals surface area (Å²) in [6.07, 6.45) is 0. The molecule has 0 radical (unpaired) electrons. The number of para-hydroxylation sites is 1. The molecule has 0 aromatic heterocycles. The number of aryl methyl sites for hydroxylation is 2. The molecule has 0 aliphatic rings. The van der Waals surface area contributed by atoms with Crippen molar-refractivity contribution in [3.63, 3.8) is 0 Å². The number of anilines is 1. The molecule has 0 heterocycles. The molecule has 0 saturated carbocycles. The number of rotatable bonds is 2. The second-order valence-corrected chi connectivity index (χ2v) is 3.89. The summed E-state index contributed by atoms with van der Waals surface area (Å²) in [6.45, 7) is 6.22. The van der Waals surface area contributed by atoms with Gasteiger partial charge in [-0.3, -0.25) is 0 Å². The average Bonchev–Trinajstić information content (AvgIpc) is 1.97. The van der Waals surface area contributed by atoms with Crippen LogP contribution in [0.25, 0.3) is 0 Å². The van der Waals surface area contributed by atoms with Crippen LogP contribution in [0.1, 0.15) is 18.1 Å². The van der Waals surface area contributed by atoms with Crippen LogP contribution in [0, 0.1) is 13.8 Å². The van der Waals surface area contributed by atoms with Crippen molar-refractivity contribution in [3.8, 4) is 0 Å². The summed E-state index contributed by atoms with van der Waals surface area (Å²) < 4.78 is 0. The first-order valence-electron chi connectivity index (χ1n) is 4.05.